The third kappa shape index (κ3) is 4.61. The Morgan fingerprint density at radius 1 is 1.28 bits per heavy atom. The van der Waals surface area contributed by atoms with E-state index in [2.05, 4.69) is 20.5 Å². The topological polar surface area (TPSA) is 124 Å². The summed E-state index contributed by atoms with van der Waals surface area (Å²) in [7, 11) is -12.0. The molecule has 0 saturated heterocycles. The Balaban J connectivity index is 4.70. The Morgan fingerprint density at radius 3 is 2.06 bits per heavy atom. The Morgan fingerprint density at radius 2 is 1.72 bits per heavy atom. The van der Waals surface area contributed by atoms with Gasteiger partial charge in [-0.15, -0.1) is 0 Å². The third-order valence-corrected chi connectivity index (χ3v) is 6.55. The van der Waals surface area contributed by atoms with Crippen LogP contribution in [-0.2, 0) is 13.7 Å². The van der Waals surface area contributed by atoms with Gasteiger partial charge in [0.2, 0.25) is 0 Å². The summed E-state index contributed by atoms with van der Waals surface area (Å²) in [6.07, 6.45) is -0.278. The molecule has 110 valence electrons. The molecule has 0 heterocycles. The molecule has 0 fully saturated rings. The van der Waals surface area contributed by atoms with E-state index in [4.69, 9.17) is 14.7 Å². The van der Waals surface area contributed by atoms with E-state index in [1.54, 1.807) is 0 Å². The molecular weight excluding hydrogens is 364 g/mol. The van der Waals surface area contributed by atoms with Crippen molar-refractivity contribution >= 4 is 31.1 Å². The van der Waals surface area contributed by atoms with Crippen LogP contribution in [-0.4, -0.2) is 42.7 Å². The van der Waals surface area contributed by atoms with Gasteiger partial charge in [-0.2, -0.15) is 8.78 Å². The average Bonchev–Trinajstić information content (AvgIpc) is 2.15. The van der Waals surface area contributed by atoms with Gasteiger partial charge in [-0.1, -0.05) is 15.9 Å². The number of hydrogen-bond donors (Lipinski definition) is 4. The molecule has 18 heavy (non-hydrogen) atoms. The first-order valence-corrected chi connectivity index (χ1v) is 8.77. The van der Waals surface area contributed by atoms with Crippen molar-refractivity contribution in [2.45, 2.75) is 24.4 Å². The predicted molar refractivity (Wildman–Crippen MR) is 61.8 cm³/mol. The monoisotopic (exact) mass is 376 g/mol. The summed E-state index contributed by atoms with van der Waals surface area (Å²) in [4.78, 5) is 25.4. The second-order valence-corrected chi connectivity index (χ2v) is 8.21. The fraction of sp³-hybridized carbons (Fsp3) is 1.00. The summed E-state index contributed by atoms with van der Waals surface area (Å²) in [6.45, 7) is 0.552. The van der Waals surface area contributed by atoms with Gasteiger partial charge in [0.1, 0.15) is 0 Å². The van der Waals surface area contributed by atoms with Crippen LogP contribution >= 0.6 is 31.1 Å². The average molecular weight is 377 g/mol. The smallest absolute Gasteiger partial charge is 0.389 e. The first kappa shape index (κ1) is 18.6. The van der Waals surface area contributed by atoms with Gasteiger partial charge in [-0.05, 0) is 6.92 Å². The summed E-state index contributed by atoms with van der Waals surface area (Å²) in [5.74, 6) is 0. The highest BCUT2D eigenvalue weighted by Gasteiger charge is 2.64. The normalized spacial score (nSPS) is 20.2. The molecule has 0 saturated carbocycles. The molecule has 7 nitrogen and oxygen atoms in total. The molecule has 0 amide bonds. The zero-order chi connectivity index (χ0) is 14.8. The highest BCUT2D eigenvalue weighted by Crippen LogP contribution is 2.73. The van der Waals surface area contributed by atoms with Crippen LogP contribution in [0.1, 0.15) is 13.3 Å². The first-order chi connectivity index (χ1) is 7.77. The molecule has 0 aromatic rings. The zero-order valence-corrected chi connectivity index (χ0v) is 12.5. The zero-order valence-electron chi connectivity index (χ0n) is 9.16. The van der Waals surface area contributed by atoms with Crippen molar-refractivity contribution in [3.63, 3.8) is 0 Å². The third-order valence-electron chi connectivity index (χ3n) is 1.89. The van der Waals surface area contributed by atoms with Crippen LogP contribution in [0, 0.1) is 0 Å². The van der Waals surface area contributed by atoms with Crippen molar-refractivity contribution < 1.29 is 42.2 Å². The van der Waals surface area contributed by atoms with Crippen LogP contribution in [0.15, 0.2) is 0 Å². The van der Waals surface area contributed by atoms with Gasteiger partial charge in [-0.25, -0.2) is 0 Å². The minimum absolute atomic E-state index is 0.0635. The lowest BCUT2D eigenvalue weighted by Gasteiger charge is -2.24. The molecule has 0 aromatic carbocycles. The Labute approximate surface area is 110 Å². The van der Waals surface area contributed by atoms with Crippen LogP contribution in [0.3, 0.4) is 0 Å². The predicted octanol–water partition coefficient (Wildman–Crippen LogP) is 1.45. The van der Waals surface area contributed by atoms with Gasteiger partial charge >= 0.3 is 20.6 Å². The number of halogens is 3. The minimum atomic E-state index is -6.12. The molecule has 0 aliphatic heterocycles. The van der Waals surface area contributed by atoms with E-state index in [0.29, 0.717) is 0 Å². The summed E-state index contributed by atoms with van der Waals surface area (Å²) in [6, 6.07) is 0. The lowest BCUT2D eigenvalue weighted by Crippen LogP contribution is -2.28. The highest BCUT2D eigenvalue weighted by atomic mass is 79.9. The molecular formula is C6H13BrF2O7P2. The molecule has 2 atom stereocenters. The van der Waals surface area contributed by atoms with E-state index in [1.165, 1.54) is 6.92 Å². The lowest BCUT2D eigenvalue weighted by molar-refractivity contribution is 0.0488. The quantitative estimate of drug-likeness (QED) is 0.391. The van der Waals surface area contributed by atoms with E-state index in [-0.39, 0.29) is 11.8 Å². The largest absolute Gasteiger partial charge is 0.443 e. The van der Waals surface area contributed by atoms with Gasteiger partial charge in [0, 0.05) is 11.8 Å². The van der Waals surface area contributed by atoms with Gasteiger partial charge in [0.15, 0.2) is 0 Å². The summed E-state index contributed by atoms with van der Waals surface area (Å²) < 4.78 is 51.3. The van der Waals surface area contributed by atoms with E-state index in [9.17, 15) is 23.0 Å². The highest BCUT2D eigenvalue weighted by molar-refractivity contribution is 9.09. The van der Waals surface area contributed by atoms with E-state index in [0.717, 1.165) is 0 Å². The fourth-order valence-electron chi connectivity index (χ4n) is 0.698. The Bertz CT molecular complexity index is 382. The van der Waals surface area contributed by atoms with Crippen molar-refractivity contribution in [1.82, 2.24) is 0 Å². The molecule has 0 rings (SSSR count). The van der Waals surface area contributed by atoms with Crippen LogP contribution in [0.4, 0.5) is 8.78 Å². The van der Waals surface area contributed by atoms with Crippen molar-refractivity contribution in [3.8, 4) is 0 Å². The van der Waals surface area contributed by atoms with Crippen LogP contribution < -0.4 is 0 Å². The number of alkyl halides is 3. The molecule has 0 spiro atoms. The molecule has 0 radical (unpaired) electrons. The molecule has 0 bridgehead atoms. The van der Waals surface area contributed by atoms with Crippen LogP contribution in [0.25, 0.3) is 0 Å². The minimum Gasteiger partial charge on any atom is -0.389 e. The van der Waals surface area contributed by atoms with Crippen molar-refractivity contribution in [2.75, 3.05) is 11.9 Å². The summed E-state index contributed by atoms with van der Waals surface area (Å²) in [5, 5.41) is 4.33. The molecule has 2 unspecified atom stereocenters. The van der Waals surface area contributed by atoms with E-state index in [1.807, 2.05) is 0 Å². The van der Waals surface area contributed by atoms with E-state index >= 15 is 0 Å². The molecule has 0 aliphatic carbocycles. The Hall–Kier alpha value is 0.600. The fourth-order valence-corrected chi connectivity index (χ4v) is 2.96. The SMILES string of the molecule is CC(O)(CBr)CCOP(=O)(O)C(F)(F)P(=O)(O)O. The van der Waals surface area contributed by atoms with Crippen LogP contribution in [0.2, 0.25) is 0 Å². The van der Waals surface area contributed by atoms with Crippen molar-refractivity contribution in [3.05, 3.63) is 0 Å². The Kier molecular flexibility index (Phi) is 6.13. The van der Waals surface area contributed by atoms with Crippen molar-refractivity contribution in [2.24, 2.45) is 0 Å². The van der Waals surface area contributed by atoms with Gasteiger partial charge in [0.05, 0.1) is 12.2 Å². The van der Waals surface area contributed by atoms with Gasteiger partial charge in [-0.3, -0.25) is 9.13 Å². The van der Waals surface area contributed by atoms with E-state index < -0.39 is 32.8 Å². The first-order valence-electron chi connectivity index (χ1n) is 4.46. The standard InChI is InChI=1S/C6H13BrF2O7P2/c1-5(10,4-7)2-3-16-18(14,15)6(8,9)17(11,12)13/h10H,2-4H2,1H3,(H,14,15)(H2,11,12,13). The maximum absolute atomic E-state index is 12.9. The maximum atomic E-state index is 12.9. The van der Waals surface area contributed by atoms with Gasteiger partial charge in [0.25, 0.3) is 0 Å². The second kappa shape index (κ2) is 5.93. The number of hydrogen-bond acceptors (Lipinski definition) is 4. The number of aliphatic hydroxyl groups is 1. The number of rotatable bonds is 7. The maximum Gasteiger partial charge on any atom is 0.443 e. The second-order valence-electron chi connectivity index (χ2n) is 3.79. The molecule has 4 N–H and O–H groups in total. The lowest BCUT2D eigenvalue weighted by atomic mass is 10.1. The molecule has 0 aliphatic rings. The molecule has 0 aromatic heterocycles. The molecule has 12 heteroatoms. The summed E-state index contributed by atoms with van der Waals surface area (Å²) >= 11 is 2.91. The van der Waals surface area contributed by atoms with Crippen LogP contribution in [0.5, 0.6) is 0 Å². The van der Waals surface area contributed by atoms with Crippen molar-refractivity contribution in [1.29, 1.82) is 0 Å². The van der Waals surface area contributed by atoms with Gasteiger partial charge < -0.3 is 24.3 Å². The summed E-state index contributed by atoms with van der Waals surface area (Å²) in [5.41, 5.74) is -1.36.